The van der Waals surface area contributed by atoms with Crippen molar-refractivity contribution in [2.45, 2.75) is 0 Å². The monoisotopic (exact) mass is 242 g/mol. The highest BCUT2D eigenvalue weighted by atomic mass is 32.2. The molecule has 0 saturated carbocycles. The zero-order valence-electron chi connectivity index (χ0n) is 9.15. The van der Waals surface area contributed by atoms with Crippen LogP contribution >= 0.6 is 0 Å². The molecule has 0 atom stereocenters. The predicted octanol–water partition coefficient (Wildman–Crippen LogP) is 0.460. The average Bonchev–Trinajstić information content (AvgIpc) is 2.16. The Morgan fingerprint density at radius 2 is 1.94 bits per heavy atom. The molecule has 0 unspecified atom stereocenters. The molecule has 6 heteroatoms. The van der Waals surface area contributed by atoms with E-state index in [4.69, 9.17) is 0 Å². The Kier molecular flexibility index (Phi) is 4.03. The summed E-state index contributed by atoms with van der Waals surface area (Å²) >= 11 is 0. The van der Waals surface area contributed by atoms with Crippen LogP contribution < -0.4 is 10.0 Å². The molecule has 0 radical (unpaired) electrons. The predicted molar refractivity (Wildman–Crippen MR) is 63.2 cm³/mol. The molecule has 5 nitrogen and oxygen atoms in total. The molecule has 88 valence electrons. The van der Waals surface area contributed by atoms with Crippen LogP contribution in [0.3, 0.4) is 0 Å². The number of carbonyl (C=O) groups is 1. The third-order valence-corrected chi connectivity index (χ3v) is 2.45. The van der Waals surface area contributed by atoms with Crippen LogP contribution in [0.2, 0.25) is 0 Å². The van der Waals surface area contributed by atoms with Crippen molar-refractivity contribution in [1.29, 1.82) is 0 Å². The fourth-order valence-corrected chi connectivity index (χ4v) is 1.85. The van der Waals surface area contributed by atoms with Gasteiger partial charge in [0, 0.05) is 5.56 Å². The Morgan fingerprint density at radius 1 is 1.31 bits per heavy atom. The highest BCUT2D eigenvalue weighted by Gasteiger charge is 2.12. The molecule has 0 spiro atoms. The molecule has 0 fully saturated rings. The summed E-state index contributed by atoms with van der Waals surface area (Å²) in [5, 5.41) is 2.73. The first-order chi connectivity index (χ1) is 7.44. The van der Waals surface area contributed by atoms with Crippen LogP contribution in [0.4, 0.5) is 5.69 Å². The highest BCUT2D eigenvalue weighted by molar-refractivity contribution is 7.92. The van der Waals surface area contributed by atoms with Gasteiger partial charge in [-0.3, -0.25) is 9.52 Å². The third-order valence-electron chi connectivity index (χ3n) is 1.86. The molecule has 1 aromatic rings. The van der Waals surface area contributed by atoms with Crippen molar-refractivity contribution in [2.75, 3.05) is 24.6 Å². The highest BCUT2D eigenvalue weighted by Crippen LogP contribution is 2.16. The molecule has 0 amide bonds. The maximum Gasteiger partial charge on any atom is 0.229 e. The van der Waals surface area contributed by atoms with Gasteiger partial charge in [-0.1, -0.05) is 12.1 Å². The summed E-state index contributed by atoms with van der Waals surface area (Å²) in [5.41, 5.74) is 0.674. The molecule has 0 aromatic heterocycles. The second-order valence-corrected chi connectivity index (χ2v) is 5.12. The first-order valence-corrected chi connectivity index (χ1v) is 6.58. The van der Waals surface area contributed by atoms with E-state index < -0.39 is 10.0 Å². The van der Waals surface area contributed by atoms with Gasteiger partial charge in [0.15, 0.2) is 5.78 Å². The van der Waals surface area contributed by atoms with E-state index in [0.717, 1.165) is 6.26 Å². The van der Waals surface area contributed by atoms with Crippen molar-refractivity contribution in [3.63, 3.8) is 0 Å². The van der Waals surface area contributed by atoms with Gasteiger partial charge in [-0.2, -0.15) is 0 Å². The number of hydrogen-bond acceptors (Lipinski definition) is 4. The minimum absolute atomic E-state index is 0.158. The van der Waals surface area contributed by atoms with E-state index in [1.54, 1.807) is 31.3 Å². The number of benzene rings is 1. The van der Waals surface area contributed by atoms with Crippen LogP contribution in [-0.4, -0.2) is 34.0 Å². The molecule has 0 saturated heterocycles. The molecule has 0 aliphatic carbocycles. The zero-order chi connectivity index (χ0) is 12.2. The Hall–Kier alpha value is -1.40. The Labute approximate surface area is 94.9 Å². The summed E-state index contributed by atoms with van der Waals surface area (Å²) < 4.78 is 24.5. The summed E-state index contributed by atoms with van der Waals surface area (Å²) in [6.45, 7) is 0.169. The molecule has 16 heavy (non-hydrogen) atoms. The summed E-state index contributed by atoms with van der Waals surface area (Å²) in [5.74, 6) is -0.158. The quantitative estimate of drug-likeness (QED) is 0.736. The number of likely N-dealkylation sites (N-methyl/N-ethyl adjacent to an activating group) is 1. The number of carbonyl (C=O) groups excluding carboxylic acids is 1. The number of Topliss-reactive ketones (excluding diaryl/α,β-unsaturated/α-hetero) is 1. The van der Waals surface area contributed by atoms with Crippen molar-refractivity contribution in [1.82, 2.24) is 5.32 Å². The normalized spacial score (nSPS) is 11.1. The fourth-order valence-electron chi connectivity index (χ4n) is 1.27. The Balaban J connectivity index is 3.05. The maximum absolute atomic E-state index is 11.7. The van der Waals surface area contributed by atoms with Crippen LogP contribution in [-0.2, 0) is 10.0 Å². The Morgan fingerprint density at radius 3 is 2.50 bits per heavy atom. The summed E-state index contributed by atoms with van der Waals surface area (Å²) in [4.78, 5) is 11.7. The van der Waals surface area contributed by atoms with E-state index in [1.807, 2.05) is 0 Å². The first kappa shape index (κ1) is 12.7. The van der Waals surface area contributed by atoms with E-state index >= 15 is 0 Å². The van der Waals surface area contributed by atoms with Gasteiger partial charge in [-0.05, 0) is 19.2 Å². The van der Waals surface area contributed by atoms with Gasteiger partial charge in [0.25, 0.3) is 0 Å². The second-order valence-electron chi connectivity index (χ2n) is 3.37. The lowest BCUT2D eigenvalue weighted by atomic mass is 10.1. The number of ketones is 1. The molecule has 1 aromatic carbocycles. The number of para-hydroxylation sites is 1. The second kappa shape index (κ2) is 5.09. The maximum atomic E-state index is 11.7. The van der Waals surface area contributed by atoms with Crippen molar-refractivity contribution < 1.29 is 13.2 Å². The molecular weight excluding hydrogens is 228 g/mol. The third kappa shape index (κ3) is 3.63. The lowest BCUT2D eigenvalue weighted by Gasteiger charge is -2.09. The van der Waals surface area contributed by atoms with E-state index in [2.05, 4.69) is 10.0 Å². The van der Waals surface area contributed by atoms with Crippen LogP contribution in [0, 0.1) is 0 Å². The number of hydrogen-bond donors (Lipinski definition) is 2. The topological polar surface area (TPSA) is 75.3 Å². The lowest BCUT2D eigenvalue weighted by molar-refractivity contribution is 0.0994. The summed E-state index contributed by atoms with van der Waals surface area (Å²) in [7, 11) is -1.71. The molecule has 0 heterocycles. The van der Waals surface area contributed by atoms with Crippen molar-refractivity contribution in [3.05, 3.63) is 29.8 Å². The van der Waals surface area contributed by atoms with Gasteiger partial charge in [-0.25, -0.2) is 8.42 Å². The SMILES string of the molecule is CNCC(=O)c1ccccc1NS(C)(=O)=O. The van der Waals surface area contributed by atoms with Crippen LogP contribution in [0.15, 0.2) is 24.3 Å². The van der Waals surface area contributed by atoms with Crippen LogP contribution in [0.25, 0.3) is 0 Å². The molecule has 0 bridgehead atoms. The fraction of sp³-hybridized carbons (Fsp3) is 0.300. The van der Waals surface area contributed by atoms with Gasteiger partial charge in [0.1, 0.15) is 0 Å². The van der Waals surface area contributed by atoms with Gasteiger partial charge in [0.05, 0.1) is 18.5 Å². The van der Waals surface area contributed by atoms with Crippen molar-refractivity contribution >= 4 is 21.5 Å². The van der Waals surface area contributed by atoms with E-state index in [9.17, 15) is 13.2 Å². The molecular formula is C10H14N2O3S. The molecule has 0 aliphatic heterocycles. The van der Waals surface area contributed by atoms with Crippen molar-refractivity contribution in [3.8, 4) is 0 Å². The van der Waals surface area contributed by atoms with Gasteiger partial charge in [0.2, 0.25) is 10.0 Å². The van der Waals surface area contributed by atoms with Crippen molar-refractivity contribution in [2.24, 2.45) is 0 Å². The summed E-state index contributed by atoms with van der Waals surface area (Å²) in [6.07, 6.45) is 1.05. The van der Waals surface area contributed by atoms with Gasteiger partial charge in [-0.15, -0.1) is 0 Å². The number of sulfonamides is 1. The lowest BCUT2D eigenvalue weighted by Crippen LogP contribution is -2.20. The smallest absolute Gasteiger partial charge is 0.229 e. The molecule has 0 aliphatic rings. The van der Waals surface area contributed by atoms with Crippen LogP contribution in [0.1, 0.15) is 10.4 Å². The first-order valence-electron chi connectivity index (χ1n) is 4.68. The van der Waals surface area contributed by atoms with E-state index in [0.29, 0.717) is 11.3 Å². The van der Waals surface area contributed by atoms with Gasteiger partial charge < -0.3 is 5.32 Å². The zero-order valence-corrected chi connectivity index (χ0v) is 9.97. The Bertz CT molecular complexity index is 483. The minimum Gasteiger partial charge on any atom is -0.313 e. The summed E-state index contributed by atoms with van der Waals surface area (Å²) in [6, 6.07) is 6.51. The minimum atomic E-state index is -3.37. The van der Waals surface area contributed by atoms with Crippen LogP contribution in [0.5, 0.6) is 0 Å². The molecule has 1 rings (SSSR count). The largest absolute Gasteiger partial charge is 0.313 e. The average molecular weight is 242 g/mol. The van der Waals surface area contributed by atoms with Gasteiger partial charge >= 0.3 is 0 Å². The van der Waals surface area contributed by atoms with E-state index in [-0.39, 0.29) is 12.3 Å². The standard InChI is InChI=1S/C10H14N2O3S/c1-11-7-10(13)8-5-3-4-6-9(8)12-16(2,14)15/h3-6,11-12H,7H2,1-2H3. The number of anilines is 1. The van der Waals surface area contributed by atoms with E-state index in [1.165, 1.54) is 0 Å². The molecule has 2 N–H and O–H groups in total. The number of rotatable bonds is 5. The number of nitrogens with one attached hydrogen (secondary N) is 2.